The molecule has 0 atom stereocenters. The summed E-state index contributed by atoms with van der Waals surface area (Å²) in [6.45, 7) is 5.10. The first-order chi connectivity index (χ1) is 4.29. The van der Waals surface area contributed by atoms with Gasteiger partial charge in [0.1, 0.15) is 0 Å². The van der Waals surface area contributed by atoms with Gasteiger partial charge >= 0.3 is 0 Å². The van der Waals surface area contributed by atoms with E-state index >= 15 is 0 Å². The highest BCUT2D eigenvalue weighted by Gasteiger charge is 2.20. The van der Waals surface area contributed by atoms with Crippen LogP contribution in [0, 0.1) is 5.92 Å². The molecule has 0 bridgehead atoms. The molecule has 1 aliphatic carbocycles. The van der Waals surface area contributed by atoms with E-state index < -0.39 is 0 Å². The molecule has 0 saturated heterocycles. The Kier molecular flexibility index (Phi) is 5.04. The Balaban J connectivity index is 0.000000810. The third-order valence-corrected chi connectivity index (χ3v) is 1.39. The predicted octanol–water partition coefficient (Wildman–Crippen LogP) is 1.75. The molecule has 3 heteroatoms. The summed E-state index contributed by atoms with van der Waals surface area (Å²) in [5, 5.41) is 0. The largest absolute Gasteiger partial charge is 0.299 e. The predicted molar refractivity (Wildman–Crippen MR) is 44.2 cm³/mol. The minimum Gasteiger partial charge on any atom is -0.299 e. The van der Waals surface area contributed by atoms with E-state index in [1.807, 2.05) is 13.8 Å². The van der Waals surface area contributed by atoms with Crippen molar-refractivity contribution >= 4 is 12.4 Å². The number of rotatable bonds is 4. The summed E-state index contributed by atoms with van der Waals surface area (Å²) in [5.74, 6) is 0.906. The van der Waals surface area contributed by atoms with Crippen LogP contribution < -0.4 is 5.48 Å². The van der Waals surface area contributed by atoms with Gasteiger partial charge in [-0.3, -0.25) is 4.84 Å². The van der Waals surface area contributed by atoms with E-state index in [2.05, 4.69) is 5.48 Å². The number of nitrogens with one attached hydrogen (secondary N) is 1. The van der Waals surface area contributed by atoms with Crippen LogP contribution in [0.2, 0.25) is 0 Å². The van der Waals surface area contributed by atoms with Crippen molar-refractivity contribution in [3.8, 4) is 0 Å². The van der Waals surface area contributed by atoms with Crippen molar-refractivity contribution in [3.63, 3.8) is 0 Å². The SMILES string of the molecule is CC(C)ONCC1CC1.Cl. The lowest BCUT2D eigenvalue weighted by Gasteiger charge is -2.06. The third-order valence-electron chi connectivity index (χ3n) is 1.39. The molecule has 0 spiro atoms. The maximum Gasteiger partial charge on any atom is 0.0734 e. The lowest BCUT2D eigenvalue weighted by atomic mass is 10.4. The minimum atomic E-state index is 0. The molecule has 62 valence electrons. The smallest absolute Gasteiger partial charge is 0.0734 e. The topological polar surface area (TPSA) is 21.3 Å². The summed E-state index contributed by atoms with van der Waals surface area (Å²) < 4.78 is 0. The van der Waals surface area contributed by atoms with Crippen LogP contribution in [-0.4, -0.2) is 12.6 Å². The average molecular weight is 166 g/mol. The maximum atomic E-state index is 5.14. The van der Waals surface area contributed by atoms with Gasteiger partial charge in [-0.15, -0.1) is 12.4 Å². The van der Waals surface area contributed by atoms with Crippen LogP contribution in [-0.2, 0) is 4.84 Å². The molecule has 0 radical (unpaired) electrons. The molecule has 10 heavy (non-hydrogen) atoms. The van der Waals surface area contributed by atoms with Gasteiger partial charge in [-0.2, -0.15) is 0 Å². The summed E-state index contributed by atoms with van der Waals surface area (Å²) >= 11 is 0. The van der Waals surface area contributed by atoms with E-state index in [1.54, 1.807) is 0 Å². The molecule has 0 aromatic carbocycles. The van der Waals surface area contributed by atoms with Crippen LogP contribution in [0.3, 0.4) is 0 Å². The molecule has 0 unspecified atom stereocenters. The van der Waals surface area contributed by atoms with E-state index in [1.165, 1.54) is 12.8 Å². The summed E-state index contributed by atoms with van der Waals surface area (Å²) in [7, 11) is 0. The molecule has 0 heterocycles. The summed E-state index contributed by atoms with van der Waals surface area (Å²) in [4.78, 5) is 5.14. The van der Waals surface area contributed by atoms with Gasteiger partial charge < -0.3 is 0 Å². The van der Waals surface area contributed by atoms with Gasteiger partial charge in [-0.05, 0) is 32.6 Å². The van der Waals surface area contributed by atoms with Crippen LogP contribution in [0.1, 0.15) is 26.7 Å². The van der Waals surface area contributed by atoms with Crippen LogP contribution in [0.25, 0.3) is 0 Å². The normalized spacial score (nSPS) is 17.1. The number of halogens is 1. The molecule has 2 nitrogen and oxygen atoms in total. The standard InChI is InChI=1S/C7H15NO.ClH/c1-6(2)9-8-5-7-3-4-7;/h6-8H,3-5H2,1-2H3;1H. The zero-order valence-electron chi connectivity index (χ0n) is 6.59. The number of hydroxylamine groups is 1. The third kappa shape index (κ3) is 5.03. The van der Waals surface area contributed by atoms with Crippen molar-refractivity contribution in [2.24, 2.45) is 5.92 Å². The van der Waals surface area contributed by atoms with Crippen molar-refractivity contribution in [2.45, 2.75) is 32.8 Å². The summed E-state index contributed by atoms with van der Waals surface area (Å²) in [5.41, 5.74) is 2.95. The quantitative estimate of drug-likeness (QED) is 0.641. The molecule has 0 amide bonds. The van der Waals surface area contributed by atoms with E-state index in [0.717, 1.165) is 12.5 Å². The molecular weight excluding hydrogens is 150 g/mol. The van der Waals surface area contributed by atoms with Crippen LogP contribution in [0.5, 0.6) is 0 Å². The van der Waals surface area contributed by atoms with Gasteiger partial charge in [0.05, 0.1) is 6.10 Å². The second-order valence-electron chi connectivity index (χ2n) is 2.96. The van der Waals surface area contributed by atoms with Gasteiger partial charge in [0.25, 0.3) is 0 Å². The lowest BCUT2D eigenvalue weighted by molar-refractivity contribution is -0.00671. The highest BCUT2D eigenvalue weighted by Crippen LogP contribution is 2.27. The molecule has 0 aromatic heterocycles. The molecule has 1 N–H and O–H groups in total. The fourth-order valence-electron chi connectivity index (χ4n) is 0.655. The second-order valence-corrected chi connectivity index (χ2v) is 2.96. The second kappa shape index (κ2) is 4.94. The van der Waals surface area contributed by atoms with Gasteiger partial charge in [-0.1, -0.05) is 0 Å². The van der Waals surface area contributed by atoms with Crippen molar-refractivity contribution in [1.82, 2.24) is 5.48 Å². The van der Waals surface area contributed by atoms with Crippen LogP contribution >= 0.6 is 12.4 Å². The Morgan fingerprint density at radius 1 is 1.50 bits per heavy atom. The van der Waals surface area contributed by atoms with Crippen molar-refractivity contribution in [2.75, 3.05) is 6.54 Å². The number of hydrogen-bond donors (Lipinski definition) is 1. The minimum absolute atomic E-state index is 0. The Morgan fingerprint density at radius 3 is 2.50 bits per heavy atom. The zero-order valence-corrected chi connectivity index (χ0v) is 7.41. The Morgan fingerprint density at radius 2 is 2.10 bits per heavy atom. The monoisotopic (exact) mass is 165 g/mol. The molecular formula is C7H16ClNO. The zero-order chi connectivity index (χ0) is 6.69. The van der Waals surface area contributed by atoms with Gasteiger partial charge in [0.15, 0.2) is 0 Å². The first-order valence-corrected chi connectivity index (χ1v) is 3.67. The van der Waals surface area contributed by atoms with E-state index in [4.69, 9.17) is 4.84 Å². The van der Waals surface area contributed by atoms with Crippen LogP contribution in [0.4, 0.5) is 0 Å². The van der Waals surface area contributed by atoms with E-state index in [-0.39, 0.29) is 12.4 Å². The first-order valence-electron chi connectivity index (χ1n) is 3.67. The lowest BCUT2D eigenvalue weighted by Crippen LogP contribution is -2.21. The Hall–Kier alpha value is 0.210. The van der Waals surface area contributed by atoms with E-state index in [9.17, 15) is 0 Å². The fraction of sp³-hybridized carbons (Fsp3) is 1.00. The molecule has 1 saturated carbocycles. The Labute approximate surface area is 68.7 Å². The average Bonchev–Trinajstić information content (AvgIpc) is 2.48. The first kappa shape index (κ1) is 10.2. The maximum absolute atomic E-state index is 5.14. The summed E-state index contributed by atoms with van der Waals surface area (Å²) in [6, 6.07) is 0. The molecule has 0 aliphatic heterocycles. The highest BCUT2D eigenvalue weighted by molar-refractivity contribution is 5.85. The van der Waals surface area contributed by atoms with Crippen molar-refractivity contribution in [1.29, 1.82) is 0 Å². The Bertz CT molecular complexity index is 81.7. The summed E-state index contributed by atoms with van der Waals surface area (Å²) in [6.07, 6.45) is 3.08. The van der Waals surface area contributed by atoms with Crippen LogP contribution in [0.15, 0.2) is 0 Å². The highest BCUT2D eigenvalue weighted by atomic mass is 35.5. The number of hydrogen-bond acceptors (Lipinski definition) is 2. The van der Waals surface area contributed by atoms with Gasteiger partial charge in [0.2, 0.25) is 0 Å². The van der Waals surface area contributed by atoms with Gasteiger partial charge in [-0.25, -0.2) is 5.48 Å². The molecule has 0 aromatic rings. The van der Waals surface area contributed by atoms with Crippen molar-refractivity contribution < 1.29 is 4.84 Å². The molecule has 1 aliphatic rings. The van der Waals surface area contributed by atoms with Crippen molar-refractivity contribution in [3.05, 3.63) is 0 Å². The molecule has 1 rings (SSSR count). The fourth-order valence-corrected chi connectivity index (χ4v) is 0.655. The van der Waals surface area contributed by atoms with E-state index in [0.29, 0.717) is 6.10 Å². The van der Waals surface area contributed by atoms with Gasteiger partial charge in [0, 0.05) is 6.54 Å². The molecule has 1 fully saturated rings.